The van der Waals surface area contributed by atoms with Crippen molar-refractivity contribution in [1.82, 2.24) is 14.7 Å². The molecule has 7 heteroatoms. The highest BCUT2D eigenvalue weighted by Gasteiger charge is 2.34. The molecule has 3 aromatic rings. The SMILES string of the molecule is COc1ccc(C2CCCN2C(=O)c2cnn(-c3ccccc3F)c2C)c(OC)c1. The molecule has 1 aliphatic rings. The fourth-order valence-electron chi connectivity index (χ4n) is 4.07. The van der Waals surface area contributed by atoms with E-state index in [9.17, 15) is 9.18 Å². The van der Waals surface area contributed by atoms with Crippen LogP contribution in [-0.4, -0.2) is 41.4 Å². The molecule has 2 heterocycles. The van der Waals surface area contributed by atoms with Crippen molar-refractivity contribution in [3.05, 3.63) is 71.3 Å². The fraction of sp³-hybridized carbons (Fsp3) is 0.304. The molecule has 0 N–H and O–H groups in total. The van der Waals surface area contributed by atoms with Gasteiger partial charge in [0.15, 0.2) is 0 Å². The zero-order chi connectivity index (χ0) is 21.3. The number of hydrogen-bond acceptors (Lipinski definition) is 4. The standard InChI is InChI=1S/C23H24FN3O3/c1-15-18(14-25-27(15)21-8-5-4-7-19(21)24)23(28)26-12-6-9-20(26)17-11-10-16(29-2)13-22(17)30-3/h4-5,7-8,10-11,13-14,20H,6,9,12H2,1-3H3. The summed E-state index contributed by atoms with van der Waals surface area (Å²) in [7, 11) is 3.22. The van der Waals surface area contributed by atoms with Crippen LogP contribution in [0.4, 0.5) is 4.39 Å². The molecule has 0 aliphatic carbocycles. The molecule has 4 rings (SSSR count). The van der Waals surface area contributed by atoms with Gasteiger partial charge in [-0.25, -0.2) is 9.07 Å². The van der Waals surface area contributed by atoms with Gasteiger partial charge >= 0.3 is 0 Å². The zero-order valence-corrected chi connectivity index (χ0v) is 17.3. The molecule has 156 valence electrons. The van der Waals surface area contributed by atoms with Crippen LogP contribution < -0.4 is 9.47 Å². The van der Waals surface area contributed by atoms with Crippen LogP contribution in [-0.2, 0) is 0 Å². The summed E-state index contributed by atoms with van der Waals surface area (Å²) in [5, 5.41) is 4.28. The molecule has 1 atom stereocenters. The number of amides is 1. The van der Waals surface area contributed by atoms with Gasteiger partial charge in [-0.3, -0.25) is 4.79 Å². The second-order valence-electron chi connectivity index (χ2n) is 7.27. The molecular formula is C23H24FN3O3. The molecule has 0 spiro atoms. The number of hydrogen-bond donors (Lipinski definition) is 0. The van der Waals surface area contributed by atoms with E-state index in [1.54, 1.807) is 39.3 Å². The Kier molecular flexibility index (Phi) is 5.44. The molecule has 0 radical (unpaired) electrons. The third-order valence-electron chi connectivity index (χ3n) is 5.63. The zero-order valence-electron chi connectivity index (χ0n) is 17.3. The van der Waals surface area contributed by atoms with E-state index in [-0.39, 0.29) is 17.8 Å². The van der Waals surface area contributed by atoms with E-state index in [1.807, 2.05) is 23.1 Å². The fourth-order valence-corrected chi connectivity index (χ4v) is 4.07. The number of halogens is 1. The summed E-state index contributed by atoms with van der Waals surface area (Å²) in [6, 6.07) is 11.9. The number of aromatic nitrogens is 2. The summed E-state index contributed by atoms with van der Waals surface area (Å²) < 4.78 is 26.5. The van der Waals surface area contributed by atoms with Crippen molar-refractivity contribution in [2.75, 3.05) is 20.8 Å². The van der Waals surface area contributed by atoms with Gasteiger partial charge < -0.3 is 14.4 Å². The predicted molar refractivity (Wildman–Crippen MR) is 111 cm³/mol. The monoisotopic (exact) mass is 409 g/mol. The molecule has 30 heavy (non-hydrogen) atoms. The van der Waals surface area contributed by atoms with Gasteiger partial charge in [0.25, 0.3) is 5.91 Å². The van der Waals surface area contributed by atoms with Crippen molar-refractivity contribution in [1.29, 1.82) is 0 Å². The van der Waals surface area contributed by atoms with Crippen molar-refractivity contribution in [2.45, 2.75) is 25.8 Å². The van der Waals surface area contributed by atoms with Crippen LogP contribution in [0.1, 0.15) is 40.5 Å². The molecule has 2 aromatic carbocycles. The Hall–Kier alpha value is -3.35. The second-order valence-corrected chi connectivity index (χ2v) is 7.27. The van der Waals surface area contributed by atoms with Gasteiger partial charge in [-0.05, 0) is 44.0 Å². The Bertz CT molecular complexity index is 1080. The Labute approximate surface area is 174 Å². The molecular weight excluding hydrogens is 385 g/mol. The lowest BCUT2D eigenvalue weighted by Crippen LogP contribution is -2.31. The van der Waals surface area contributed by atoms with E-state index in [2.05, 4.69) is 5.10 Å². The summed E-state index contributed by atoms with van der Waals surface area (Å²) >= 11 is 0. The minimum absolute atomic E-state index is 0.102. The second kappa shape index (κ2) is 8.18. The lowest BCUT2D eigenvalue weighted by atomic mass is 10.0. The molecule has 1 fully saturated rings. The van der Waals surface area contributed by atoms with Crippen molar-refractivity contribution >= 4 is 5.91 Å². The van der Waals surface area contributed by atoms with Crippen molar-refractivity contribution in [3.8, 4) is 17.2 Å². The topological polar surface area (TPSA) is 56.6 Å². The number of benzene rings is 2. The van der Waals surface area contributed by atoms with Crippen LogP contribution >= 0.6 is 0 Å². The number of carbonyl (C=O) groups excluding carboxylic acids is 1. The first-order valence-electron chi connectivity index (χ1n) is 9.87. The van der Waals surface area contributed by atoms with Crippen LogP contribution in [0.15, 0.2) is 48.7 Å². The first-order valence-corrected chi connectivity index (χ1v) is 9.87. The maximum atomic E-state index is 14.2. The average Bonchev–Trinajstić information content (AvgIpc) is 3.40. The molecule has 1 saturated heterocycles. The first-order chi connectivity index (χ1) is 14.5. The summed E-state index contributed by atoms with van der Waals surface area (Å²) in [5.41, 5.74) is 2.35. The predicted octanol–water partition coefficient (Wildman–Crippen LogP) is 4.31. The van der Waals surface area contributed by atoms with Gasteiger partial charge in [0.1, 0.15) is 23.0 Å². The summed E-state index contributed by atoms with van der Waals surface area (Å²) in [6.07, 6.45) is 3.26. The van der Waals surface area contributed by atoms with Gasteiger partial charge in [0.05, 0.1) is 37.7 Å². The maximum absolute atomic E-state index is 14.2. The highest BCUT2D eigenvalue weighted by molar-refractivity contribution is 5.95. The molecule has 1 aromatic heterocycles. The van der Waals surface area contributed by atoms with Crippen molar-refractivity contribution in [3.63, 3.8) is 0 Å². The summed E-state index contributed by atoms with van der Waals surface area (Å²) in [5.74, 6) is 0.895. The molecule has 1 aliphatic heterocycles. The Morgan fingerprint density at radius 1 is 1.17 bits per heavy atom. The number of nitrogens with zero attached hydrogens (tertiary/aromatic N) is 3. The van der Waals surface area contributed by atoms with Crippen LogP contribution in [0.5, 0.6) is 11.5 Å². The molecule has 1 unspecified atom stereocenters. The van der Waals surface area contributed by atoms with Crippen LogP contribution in [0, 0.1) is 12.7 Å². The highest BCUT2D eigenvalue weighted by atomic mass is 19.1. The summed E-state index contributed by atoms with van der Waals surface area (Å²) in [6.45, 7) is 2.43. The quantitative estimate of drug-likeness (QED) is 0.630. The van der Waals surface area contributed by atoms with Crippen molar-refractivity contribution < 1.29 is 18.7 Å². The van der Waals surface area contributed by atoms with Crippen LogP contribution in [0.25, 0.3) is 5.69 Å². The normalized spacial score (nSPS) is 16.0. The maximum Gasteiger partial charge on any atom is 0.257 e. The lowest BCUT2D eigenvalue weighted by molar-refractivity contribution is 0.0733. The van der Waals surface area contributed by atoms with E-state index in [4.69, 9.17) is 9.47 Å². The number of carbonyl (C=O) groups is 1. The lowest BCUT2D eigenvalue weighted by Gasteiger charge is -2.26. The molecule has 0 bridgehead atoms. The number of ether oxygens (including phenoxy) is 2. The number of likely N-dealkylation sites (tertiary alicyclic amines) is 1. The van der Waals surface area contributed by atoms with E-state index < -0.39 is 0 Å². The third-order valence-corrected chi connectivity index (χ3v) is 5.63. The molecule has 6 nitrogen and oxygen atoms in total. The van der Waals surface area contributed by atoms with Crippen molar-refractivity contribution in [2.24, 2.45) is 0 Å². The Morgan fingerprint density at radius 2 is 1.97 bits per heavy atom. The number of para-hydroxylation sites is 1. The highest BCUT2D eigenvalue weighted by Crippen LogP contribution is 2.39. The van der Waals surface area contributed by atoms with Gasteiger partial charge in [0, 0.05) is 18.2 Å². The molecule has 1 amide bonds. The third kappa shape index (κ3) is 3.40. The first kappa shape index (κ1) is 19.9. The Morgan fingerprint density at radius 3 is 2.70 bits per heavy atom. The number of rotatable bonds is 5. The van der Waals surface area contributed by atoms with E-state index in [1.165, 1.54) is 16.9 Å². The average molecular weight is 409 g/mol. The minimum Gasteiger partial charge on any atom is -0.497 e. The minimum atomic E-state index is -0.385. The van der Waals surface area contributed by atoms with Gasteiger partial charge in [-0.2, -0.15) is 5.10 Å². The summed E-state index contributed by atoms with van der Waals surface area (Å²) in [4.78, 5) is 15.3. The smallest absolute Gasteiger partial charge is 0.257 e. The van der Waals surface area contributed by atoms with Gasteiger partial charge in [-0.15, -0.1) is 0 Å². The van der Waals surface area contributed by atoms with Gasteiger partial charge in [-0.1, -0.05) is 12.1 Å². The van der Waals surface area contributed by atoms with E-state index in [0.29, 0.717) is 35.0 Å². The van der Waals surface area contributed by atoms with Gasteiger partial charge in [0.2, 0.25) is 0 Å². The van der Waals surface area contributed by atoms with Crippen LogP contribution in [0.3, 0.4) is 0 Å². The van der Waals surface area contributed by atoms with E-state index >= 15 is 0 Å². The Balaban J connectivity index is 1.66. The number of methoxy groups -OCH3 is 2. The molecule has 0 saturated carbocycles. The van der Waals surface area contributed by atoms with Crippen LogP contribution in [0.2, 0.25) is 0 Å². The largest absolute Gasteiger partial charge is 0.497 e. The van der Waals surface area contributed by atoms with E-state index in [0.717, 1.165) is 18.4 Å².